The van der Waals surface area contributed by atoms with Gasteiger partial charge in [0.05, 0.1) is 23.9 Å². The number of fused-ring (bicyclic) bond motifs is 1. The molecule has 4 heteroatoms. The molecule has 0 unspecified atom stereocenters. The zero-order valence-corrected chi connectivity index (χ0v) is 12.5. The molecule has 0 atom stereocenters. The number of benzene rings is 2. The van der Waals surface area contributed by atoms with Crippen LogP contribution in [0.1, 0.15) is 12.5 Å². The fourth-order valence-corrected chi connectivity index (χ4v) is 2.83. The van der Waals surface area contributed by atoms with Crippen LogP contribution >= 0.6 is 0 Å². The van der Waals surface area contributed by atoms with E-state index in [1.54, 1.807) is 25.3 Å². The van der Waals surface area contributed by atoms with Gasteiger partial charge in [-0.1, -0.05) is 0 Å². The van der Waals surface area contributed by atoms with Crippen molar-refractivity contribution in [2.45, 2.75) is 13.5 Å². The van der Waals surface area contributed by atoms with Crippen molar-refractivity contribution in [2.75, 3.05) is 7.11 Å². The molecule has 0 saturated carbocycles. The van der Waals surface area contributed by atoms with Crippen LogP contribution in [0.2, 0.25) is 0 Å². The zero-order chi connectivity index (χ0) is 15.7. The summed E-state index contributed by atoms with van der Waals surface area (Å²) in [4.78, 5) is 0. The van der Waals surface area contributed by atoms with Crippen molar-refractivity contribution in [3.8, 4) is 28.8 Å². The number of nitrogens with zero attached hydrogens (tertiary/aromatic N) is 2. The molecule has 22 heavy (non-hydrogen) atoms. The maximum Gasteiger partial charge on any atom is 0.118 e. The number of aromatic nitrogens is 1. The van der Waals surface area contributed by atoms with E-state index in [4.69, 9.17) is 4.74 Å². The minimum atomic E-state index is 0.200. The Balaban J connectivity index is 2.34. The third-order valence-electron chi connectivity index (χ3n) is 3.84. The molecule has 4 nitrogen and oxygen atoms in total. The van der Waals surface area contributed by atoms with Crippen LogP contribution in [0.4, 0.5) is 0 Å². The molecule has 1 N–H and O–H groups in total. The van der Waals surface area contributed by atoms with Gasteiger partial charge in [0.15, 0.2) is 0 Å². The minimum absolute atomic E-state index is 0.200. The molecule has 3 rings (SSSR count). The van der Waals surface area contributed by atoms with E-state index in [-0.39, 0.29) is 5.75 Å². The van der Waals surface area contributed by atoms with Crippen LogP contribution in [0.25, 0.3) is 22.2 Å². The predicted octanol–water partition coefficient (Wildman–Crippen LogP) is 3.91. The summed E-state index contributed by atoms with van der Waals surface area (Å²) in [5, 5.41) is 20.2. The Morgan fingerprint density at radius 2 is 1.91 bits per heavy atom. The fourth-order valence-electron chi connectivity index (χ4n) is 2.83. The summed E-state index contributed by atoms with van der Waals surface area (Å²) in [6.45, 7) is 2.74. The summed E-state index contributed by atoms with van der Waals surface area (Å²) in [7, 11) is 1.63. The van der Waals surface area contributed by atoms with Crippen LogP contribution in [0.15, 0.2) is 42.5 Å². The molecule has 0 saturated heterocycles. The summed E-state index contributed by atoms with van der Waals surface area (Å²) in [6.07, 6.45) is 0. The smallest absolute Gasteiger partial charge is 0.118 e. The van der Waals surface area contributed by atoms with Gasteiger partial charge in [0.25, 0.3) is 0 Å². The SMILES string of the molecule is CCn1c(-c2ccc(OC)cc2)c(C#N)c2ccc(O)cc21. The first-order valence-corrected chi connectivity index (χ1v) is 7.09. The number of rotatable bonds is 3. The lowest BCUT2D eigenvalue weighted by Crippen LogP contribution is -1.97. The van der Waals surface area contributed by atoms with E-state index in [1.807, 2.05) is 31.2 Å². The molecule has 0 amide bonds. The number of methoxy groups -OCH3 is 1. The molecule has 0 bridgehead atoms. The van der Waals surface area contributed by atoms with Crippen molar-refractivity contribution in [2.24, 2.45) is 0 Å². The first kappa shape index (κ1) is 14.0. The van der Waals surface area contributed by atoms with Gasteiger partial charge in [-0.05, 0) is 48.9 Å². The molecule has 3 aromatic rings. The van der Waals surface area contributed by atoms with Crippen molar-refractivity contribution in [1.82, 2.24) is 4.57 Å². The maximum absolute atomic E-state index is 9.75. The number of phenolic OH excluding ortho intramolecular Hbond substituents is 1. The Hall–Kier alpha value is -2.93. The molecule has 0 aliphatic carbocycles. The van der Waals surface area contributed by atoms with E-state index in [1.165, 1.54) is 0 Å². The van der Waals surface area contributed by atoms with Crippen LogP contribution in [0.5, 0.6) is 11.5 Å². The Kier molecular flexibility index (Phi) is 3.48. The first-order chi connectivity index (χ1) is 10.7. The van der Waals surface area contributed by atoms with Crippen LogP contribution in [-0.4, -0.2) is 16.8 Å². The highest BCUT2D eigenvalue weighted by Crippen LogP contribution is 2.35. The maximum atomic E-state index is 9.75. The zero-order valence-electron chi connectivity index (χ0n) is 12.5. The van der Waals surface area contributed by atoms with Gasteiger partial charge in [-0.3, -0.25) is 0 Å². The van der Waals surface area contributed by atoms with Crippen molar-refractivity contribution in [3.05, 3.63) is 48.0 Å². The van der Waals surface area contributed by atoms with Gasteiger partial charge in [-0.2, -0.15) is 5.26 Å². The second kappa shape index (κ2) is 5.45. The first-order valence-electron chi connectivity index (χ1n) is 7.09. The van der Waals surface area contributed by atoms with E-state index in [9.17, 15) is 10.4 Å². The lowest BCUT2D eigenvalue weighted by molar-refractivity contribution is 0.415. The third-order valence-corrected chi connectivity index (χ3v) is 3.84. The van der Waals surface area contributed by atoms with Crippen LogP contribution in [0, 0.1) is 11.3 Å². The molecule has 0 radical (unpaired) electrons. The topological polar surface area (TPSA) is 58.2 Å². The molecule has 2 aromatic carbocycles. The molecular weight excluding hydrogens is 276 g/mol. The second-order valence-corrected chi connectivity index (χ2v) is 5.01. The highest BCUT2D eigenvalue weighted by Gasteiger charge is 2.18. The molecule has 1 heterocycles. The van der Waals surface area contributed by atoms with Crippen molar-refractivity contribution in [3.63, 3.8) is 0 Å². The van der Waals surface area contributed by atoms with Crippen molar-refractivity contribution >= 4 is 10.9 Å². The summed E-state index contributed by atoms with van der Waals surface area (Å²) in [5.41, 5.74) is 3.31. The molecular formula is C18H16N2O2. The Labute approximate surface area is 128 Å². The highest BCUT2D eigenvalue weighted by molar-refractivity contribution is 5.95. The number of aryl methyl sites for hydroxylation is 1. The van der Waals surface area contributed by atoms with Crippen LogP contribution < -0.4 is 4.74 Å². The summed E-state index contributed by atoms with van der Waals surface area (Å²) in [5.74, 6) is 0.976. The average Bonchev–Trinajstić information content (AvgIpc) is 2.87. The summed E-state index contributed by atoms with van der Waals surface area (Å²) in [6, 6.07) is 15.1. The number of ether oxygens (including phenoxy) is 1. The normalized spacial score (nSPS) is 10.6. The Bertz CT molecular complexity index is 871. The molecule has 0 aliphatic heterocycles. The molecule has 110 valence electrons. The van der Waals surface area contributed by atoms with E-state index in [0.717, 1.165) is 27.9 Å². The van der Waals surface area contributed by atoms with Gasteiger partial charge in [-0.25, -0.2) is 0 Å². The van der Waals surface area contributed by atoms with Gasteiger partial charge in [0.2, 0.25) is 0 Å². The van der Waals surface area contributed by atoms with Crippen LogP contribution in [-0.2, 0) is 6.54 Å². The Morgan fingerprint density at radius 1 is 1.18 bits per heavy atom. The largest absolute Gasteiger partial charge is 0.508 e. The molecule has 0 spiro atoms. The number of aromatic hydroxyl groups is 1. The minimum Gasteiger partial charge on any atom is -0.508 e. The van der Waals surface area contributed by atoms with E-state index in [2.05, 4.69) is 10.6 Å². The van der Waals surface area contributed by atoms with E-state index >= 15 is 0 Å². The molecule has 0 aliphatic rings. The van der Waals surface area contributed by atoms with E-state index in [0.29, 0.717) is 12.1 Å². The molecule has 0 fully saturated rings. The number of nitriles is 1. The van der Waals surface area contributed by atoms with Crippen molar-refractivity contribution in [1.29, 1.82) is 5.26 Å². The third kappa shape index (κ3) is 2.08. The van der Waals surface area contributed by atoms with Gasteiger partial charge < -0.3 is 14.4 Å². The van der Waals surface area contributed by atoms with E-state index < -0.39 is 0 Å². The monoisotopic (exact) mass is 292 g/mol. The summed E-state index contributed by atoms with van der Waals surface area (Å²) < 4.78 is 7.24. The van der Waals surface area contributed by atoms with Gasteiger partial charge in [0.1, 0.15) is 17.6 Å². The fraction of sp³-hybridized carbons (Fsp3) is 0.167. The van der Waals surface area contributed by atoms with Gasteiger partial charge >= 0.3 is 0 Å². The lowest BCUT2D eigenvalue weighted by atomic mass is 10.1. The number of phenols is 1. The standard InChI is InChI=1S/C18H16N2O2/c1-3-20-17-10-13(21)6-9-15(17)16(11-19)18(20)12-4-7-14(22-2)8-5-12/h4-10,21H,3H2,1-2H3. The summed E-state index contributed by atoms with van der Waals surface area (Å²) >= 11 is 0. The van der Waals surface area contributed by atoms with Gasteiger partial charge in [0, 0.05) is 18.0 Å². The van der Waals surface area contributed by atoms with Crippen molar-refractivity contribution < 1.29 is 9.84 Å². The predicted molar refractivity (Wildman–Crippen MR) is 86.0 cm³/mol. The number of hydrogen-bond acceptors (Lipinski definition) is 3. The number of hydrogen-bond donors (Lipinski definition) is 1. The highest BCUT2D eigenvalue weighted by atomic mass is 16.5. The molecule has 1 aromatic heterocycles. The van der Waals surface area contributed by atoms with Gasteiger partial charge in [-0.15, -0.1) is 0 Å². The van der Waals surface area contributed by atoms with Crippen LogP contribution in [0.3, 0.4) is 0 Å². The second-order valence-electron chi connectivity index (χ2n) is 5.01. The quantitative estimate of drug-likeness (QED) is 0.796. The average molecular weight is 292 g/mol. The Morgan fingerprint density at radius 3 is 2.50 bits per heavy atom. The lowest BCUT2D eigenvalue weighted by Gasteiger charge is -2.09.